The molecule has 1 spiro atoms. The van der Waals surface area contributed by atoms with Gasteiger partial charge in [-0.05, 0) is 31.4 Å². The molecule has 2 amide bonds. The quantitative estimate of drug-likeness (QED) is 0.913. The second kappa shape index (κ2) is 6.20. The minimum atomic E-state index is -0.283. The summed E-state index contributed by atoms with van der Waals surface area (Å²) in [5.41, 5.74) is 1.61. The van der Waals surface area contributed by atoms with Gasteiger partial charge in [0.2, 0.25) is 11.8 Å². The predicted octanol–water partition coefficient (Wildman–Crippen LogP) is 1.39. The highest BCUT2D eigenvalue weighted by Gasteiger charge is 2.46. The Kier molecular flexibility index (Phi) is 4.04. The minimum absolute atomic E-state index is 0.0113. The second-order valence-electron chi connectivity index (χ2n) is 7.61. The van der Waals surface area contributed by atoms with Gasteiger partial charge in [0, 0.05) is 38.0 Å². The van der Waals surface area contributed by atoms with E-state index in [1.165, 1.54) is 12.0 Å². The molecule has 4 rings (SSSR count). The third-order valence-electron chi connectivity index (χ3n) is 5.81. The zero-order chi connectivity index (χ0) is 16.6. The molecule has 1 aromatic carbocycles. The van der Waals surface area contributed by atoms with Gasteiger partial charge < -0.3 is 10.2 Å². The fourth-order valence-corrected chi connectivity index (χ4v) is 4.48. The zero-order valence-corrected chi connectivity index (χ0v) is 14.0. The van der Waals surface area contributed by atoms with Crippen molar-refractivity contribution in [3.05, 3.63) is 35.9 Å². The van der Waals surface area contributed by atoms with Crippen molar-refractivity contribution in [1.82, 2.24) is 15.1 Å². The fourth-order valence-electron chi connectivity index (χ4n) is 4.48. The Hall–Kier alpha value is -1.88. The molecule has 2 atom stereocenters. The highest BCUT2D eigenvalue weighted by atomic mass is 16.2. The predicted molar refractivity (Wildman–Crippen MR) is 91.1 cm³/mol. The molecule has 1 aromatic rings. The summed E-state index contributed by atoms with van der Waals surface area (Å²) in [7, 11) is 0. The summed E-state index contributed by atoms with van der Waals surface area (Å²) in [6, 6.07) is 10.3. The summed E-state index contributed by atoms with van der Waals surface area (Å²) in [6.07, 6.45) is 3.40. The molecular formula is C19H25N3O2. The summed E-state index contributed by atoms with van der Waals surface area (Å²) in [4.78, 5) is 28.5. The molecule has 1 N–H and O–H groups in total. The van der Waals surface area contributed by atoms with Gasteiger partial charge in [-0.1, -0.05) is 30.3 Å². The minimum Gasteiger partial charge on any atom is -0.344 e. The lowest BCUT2D eigenvalue weighted by Gasteiger charge is -2.26. The van der Waals surface area contributed by atoms with E-state index in [0.717, 1.165) is 39.1 Å². The Morgan fingerprint density at radius 1 is 1.17 bits per heavy atom. The van der Waals surface area contributed by atoms with Crippen LogP contribution >= 0.6 is 0 Å². The molecule has 5 nitrogen and oxygen atoms in total. The first-order valence-corrected chi connectivity index (χ1v) is 8.98. The van der Waals surface area contributed by atoms with E-state index in [4.69, 9.17) is 0 Å². The van der Waals surface area contributed by atoms with Gasteiger partial charge in [0.15, 0.2) is 0 Å². The van der Waals surface area contributed by atoms with Crippen LogP contribution in [0.3, 0.4) is 0 Å². The molecule has 24 heavy (non-hydrogen) atoms. The van der Waals surface area contributed by atoms with Crippen molar-refractivity contribution in [2.24, 2.45) is 5.41 Å². The molecule has 3 heterocycles. The molecule has 128 valence electrons. The summed E-state index contributed by atoms with van der Waals surface area (Å²) in [5.74, 6) is 0.136. The third-order valence-corrected chi connectivity index (χ3v) is 5.81. The number of likely N-dealkylation sites (tertiary alicyclic amines) is 2. The van der Waals surface area contributed by atoms with Crippen LogP contribution in [0, 0.1) is 5.41 Å². The molecular weight excluding hydrogens is 302 g/mol. The number of carbonyl (C=O) groups is 2. The van der Waals surface area contributed by atoms with Gasteiger partial charge >= 0.3 is 0 Å². The van der Waals surface area contributed by atoms with E-state index in [1.807, 2.05) is 4.90 Å². The van der Waals surface area contributed by atoms with Crippen LogP contribution in [0.15, 0.2) is 30.3 Å². The number of carbonyl (C=O) groups excluding carboxylic acids is 2. The van der Waals surface area contributed by atoms with Crippen LogP contribution < -0.4 is 5.32 Å². The molecule has 3 fully saturated rings. The average molecular weight is 327 g/mol. The largest absolute Gasteiger partial charge is 0.344 e. The van der Waals surface area contributed by atoms with Crippen molar-refractivity contribution in [2.75, 3.05) is 26.2 Å². The molecule has 1 unspecified atom stereocenters. The molecule has 0 radical (unpaired) electrons. The highest BCUT2D eigenvalue weighted by molar-refractivity contribution is 5.91. The van der Waals surface area contributed by atoms with Gasteiger partial charge in [0.05, 0.1) is 0 Å². The van der Waals surface area contributed by atoms with E-state index in [-0.39, 0.29) is 23.3 Å². The van der Waals surface area contributed by atoms with Crippen LogP contribution in [0.1, 0.15) is 31.2 Å². The molecule has 3 aliphatic heterocycles. The first-order valence-electron chi connectivity index (χ1n) is 8.98. The lowest BCUT2D eigenvalue weighted by molar-refractivity contribution is -0.133. The van der Waals surface area contributed by atoms with Gasteiger partial charge in [-0.15, -0.1) is 0 Å². The molecule has 5 heteroatoms. The SMILES string of the molecule is O=C1CC[C@H](C(=O)N2CCC3(CCN(Cc4ccccc4)C3)C2)N1. The van der Waals surface area contributed by atoms with E-state index in [0.29, 0.717) is 12.8 Å². The van der Waals surface area contributed by atoms with Crippen LogP contribution in [-0.2, 0) is 16.1 Å². The van der Waals surface area contributed by atoms with E-state index >= 15 is 0 Å². The van der Waals surface area contributed by atoms with Crippen molar-refractivity contribution in [3.63, 3.8) is 0 Å². The third kappa shape index (κ3) is 3.05. The van der Waals surface area contributed by atoms with Crippen molar-refractivity contribution < 1.29 is 9.59 Å². The number of hydrogen-bond donors (Lipinski definition) is 1. The standard InChI is InChI=1S/C19H25N3O2/c23-17-7-6-16(20-17)18(24)22-11-9-19(14-22)8-10-21(13-19)12-15-4-2-1-3-5-15/h1-5,16H,6-14H2,(H,20,23)/t16-,19?/m1/s1. The number of benzene rings is 1. The Morgan fingerprint density at radius 2 is 1.96 bits per heavy atom. The molecule has 3 saturated heterocycles. The van der Waals surface area contributed by atoms with Gasteiger partial charge in [-0.25, -0.2) is 0 Å². The lowest BCUT2D eigenvalue weighted by atomic mass is 9.86. The van der Waals surface area contributed by atoms with Crippen molar-refractivity contribution in [1.29, 1.82) is 0 Å². The monoisotopic (exact) mass is 327 g/mol. The van der Waals surface area contributed by atoms with Crippen molar-refractivity contribution >= 4 is 11.8 Å². The van der Waals surface area contributed by atoms with Gasteiger partial charge in [0.25, 0.3) is 0 Å². The maximum absolute atomic E-state index is 12.6. The van der Waals surface area contributed by atoms with Crippen LogP contribution in [0.5, 0.6) is 0 Å². The summed E-state index contributed by atoms with van der Waals surface area (Å²) < 4.78 is 0. The summed E-state index contributed by atoms with van der Waals surface area (Å²) in [6.45, 7) is 4.86. The number of nitrogens with zero attached hydrogens (tertiary/aromatic N) is 2. The summed E-state index contributed by atoms with van der Waals surface area (Å²) in [5, 5.41) is 2.81. The molecule has 0 aliphatic carbocycles. The lowest BCUT2D eigenvalue weighted by Crippen LogP contribution is -2.44. The molecule has 0 aromatic heterocycles. The highest BCUT2D eigenvalue weighted by Crippen LogP contribution is 2.40. The summed E-state index contributed by atoms with van der Waals surface area (Å²) >= 11 is 0. The first-order chi connectivity index (χ1) is 11.6. The Bertz CT molecular complexity index is 633. The smallest absolute Gasteiger partial charge is 0.245 e. The Morgan fingerprint density at radius 3 is 2.71 bits per heavy atom. The molecule has 0 saturated carbocycles. The molecule has 3 aliphatic rings. The second-order valence-corrected chi connectivity index (χ2v) is 7.61. The van der Waals surface area contributed by atoms with Gasteiger partial charge in [-0.3, -0.25) is 14.5 Å². The van der Waals surface area contributed by atoms with E-state index < -0.39 is 0 Å². The van der Waals surface area contributed by atoms with E-state index in [1.54, 1.807) is 0 Å². The Balaban J connectivity index is 1.34. The Labute approximate surface area is 143 Å². The maximum atomic E-state index is 12.6. The van der Waals surface area contributed by atoms with Gasteiger partial charge in [0.1, 0.15) is 6.04 Å². The topological polar surface area (TPSA) is 52.7 Å². The van der Waals surface area contributed by atoms with Crippen LogP contribution in [0.4, 0.5) is 0 Å². The fraction of sp³-hybridized carbons (Fsp3) is 0.579. The van der Waals surface area contributed by atoms with Crippen LogP contribution in [-0.4, -0.2) is 53.8 Å². The normalized spacial score (nSPS) is 30.2. The first kappa shape index (κ1) is 15.6. The van der Waals surface area contributed by atoms with Gasteiger partial charge in [-0.2, -0.15) is 0 Å². The van der Waals surface area contributed by atoms with Crippen LogP contribution in [0.2, 0.25) is 0 Å². The van der Waals surface area contributed by atoms with Crippen LogP contribution in [0.25, 0.3) is 0 Å². The maximum Gasteiger partial charge on any atom is 0.245 e. The van der Waals surface area contributed by atoms with Crippen molar-refractivity contribution in [3.8, 4) is 0 Å². The average Bonchev–Trinajstić information content (AvgIpc) is 3.30. The number of rotatable bonds is 3. The van der Waals surface area contributed by atoms with E-state index in [2.05, 4.69) is 40.5 Å². The zero-order valence-electron chi connectivity index (χ0n) is 14.0. The number of amides is 2. The van der Waals surface area contributed by atoms with Crippen molar-refractivity contribution in [2.45, 2.75) is 38.3 Å². The number of hydrogen-bond acceptors (Lipinski definition) is 3. The number of nitrogens with one attached hydrogen (secondary N) is 1. The molecule has 0 bridgehead atoms. The van der Waals surface area contributed by atoms with E-state index in [9.17, 15) is 9.59 Å².